The molecule has 2 heterocycles. The van der Waals surface area contributed by atoms with E-state index < -0.39 is 0 Å². The van der Waals surface area contributed by atoms with E-state index in [2.05, 4.69) is 22.1 Å². The largest absolute Gasteiger partial charge is 0.326 e. The van der Waals surface area contributed by atoms with Gasteiger partial charge in [0.1, 0.15) is 5.25 Å². The molecule has 0 saturated heterocycles. The maximum atomic E-state index is 12.8. The van der Waals surface area contributed by atoms with Gasteiger partial charge in [0.05, 0.1) is 0 Å². The number of aryl methyl sites for hydroxylation is 2. The van der Waals surface area contributed by atoms with Crippen molar-refractivity contribution in [3.63, 3.8) is 0 Å². The number of benzene rings is 1. The van der Waals surface area contributed by atoms with E-state index in [9.17, 15) is 9.59 Å². The normalized spacial score (nSPS) is 16.1. The van der Waals surface area contributed by atoms with E-state index in [4.69, 9.17) is 0 Å². The highest BCUT2D eigenvalue weighted by Gasteiger charge is 2.28. The lowest BCUT2D eigenvalue weighted by Crippen LogP contribution is -2.23. The van der Waals surface area contributed by atoms with Gasteiger partial charge in [-0.05, 0) is 67.9 Å². The molecule has 0 aliphatic carbocycles. The second-order valence-corrected chi connectivity index (χ2v) is 9.13. The van der Waals surface area contributed by atoms with Crippen LogP contribution in [0.15, 0.2) is 29.6 Å². The molecule has 0 spiro atoms. The molecule has 1 aromatic carbocycles. The van der Waals surface area contributed by atoms with Crippen LogP contribution in [-0.4, -0.2) is 43.1 Å². The van der Waals surface area contributed by atoms with Gasteiger partial charge in [-0.2, -0.15) is 0 Å². The van der Waals surface area contributed by atoms with Crippen molar-refractivity contribution in [1.29, 1.82) is 0 Å². The second-order valence-electron chi connectivity index (χ2n) is 6.92. The van der Waals surface area contributed by atoms with Crippen molar-refractivity contribution >= 4 is 46.3 Å². The summed E-state index contributed by atoms with van der Waals surface area (Å²) >= 11 is 3.41. The fourth-order valence-electron chi connectivity index (χ4n) is 2.94. The van der Waals surface area contributed by atoms with Gasteiger partial charge in [0.25, 0.3) is 0 Å². The Morgan fingerprint density at radius 3 is 2.81 bits per heavy atom. The summed E-state index contributed by atoms with van der Waals surface area (Å²) in [5, 5.41) is 7.86. The molecule has 0 radical (unpaired) electrons. The summed E-state index contributed by atoms with van der Waals surface area (Å²) in [6, 6.07) is 7.69. The molecule has 1 aliphatic heterocycles. The lowest BCUT2D eigenvalue weighted by atomic mass is 10.1. The third-order valence-corrected chi connectivity index (χ3v) is 6.72. The predicted octanol–water partition coefficient (Wildman–Crippen LogP) is 3.92. The van der Waals surface area contributed by atoms with E-state index >= 15 is 0 Å². The Kier molecular flexibility index (Phi) is 6.57. The zero-order chi connectivity index (χ0) is 19.4. The average Bonchev–Trinajstić information content (AvgIpc) is 3.11. The SMILES string of the molecule is Cc1ccc(NC(=O)C2SCCc3sccc32)cc1NC(=O)CCN(C)C. The number of hydrogen-bond donors (Lipinski definition) is 2. The molecule has 2 N–H and O–H groups in total. The van der Waals surface area contributed by atoms with Crippen LogP contribution < -0.4 is 10.6 Å². The maximum Gasteiger partial charge on any atom is 0.242 e. The third kappa shape index (κ3) is 5.12. The molecule has 1 aliphatic rings. The van der Waals surface area contributed by atoms with Gasteiger partial charge < -0.3 is 15.5 Å². The van der Waals surface area contributed by atoms with Crippen molar-refractivity contribution in [3.05, 3.63) is 45.6 Å². The van der Waals surface area contributed by atoms with Gasteiger partial charge >= 0.3 is 0 Å². The standard InChI is InChI=1S/C20H25N3O2S2/c1-13-4-5-14(12-16(13)22-18(24)6-9-23(2)3)21-20(25)19-15-7-10-26-17(15)8-11-27-19/h4-5,7,10,12,19H,6,8-9,11H2,1-3H3,(H,21,25)(H,22,24). The number of anilines is 2. The number of thioether (sulfide) groups is 1. The van der Waals surface area contributed by atoms with Crippen LogP contribution >= 0.6 is 23.1 Å². The van der Waals surface area contributed by atoms with Gasteiger partial charge in [0, 0.05) is 29.2 Å². The number of fused-ring (bicyclic) bond motifs is 1. The Bertz CT molecular complexity index is 832. The Hall–Kier alpha value is -1.83. The highest BCUT2D eigenvalue weighted by molar-refractivity contribution is 8.00. The fraction of sp³-hybridized carbons (Fsp3) is 0.400. The Morgan fingerprint density at radius 2 is 2.04 bits per heavy atom. The van der Waals surface area contributed by atoms with E-state index in [1.807, 2.05) is 44.1 Å². The first kappa shape index (κ1) is 19.9. The zero-order valence-corrected chi connectivity index (χ0v) is 17.5. The van der Waals surface area contributed by atoms with Gasteiger partial charge in [0.2, 0.25) is 11.8 Å². The molecule has 3 rings (SSSR count). The van der Waals surface area contributed by atoms with Crippen LogP contribution in [-0.2, 0) is 16.0 Å². The molecule has 1 aromatic heterocycles. The minimum atomic E-state index is -0.167. The summed E-state index contributed by atoms with van der Waals surface area (Å²) < 4.78 is 0. The van der Waals surface area contributed by atoms with Crippen molar-refractivity contribution in [3.8, 4) is 0 Å². The maximum absolute atomic E-state index is 12.8. The highest BCUT2D eigenvalue weighted by atomic mass is 32.2. The Labute approximate surface area is 168 Å². The smallest absolute Gasteiger partial charge is 0.242 e. The molecule has 2 aromatic rings. The molecule has 27 heavy (non-hydrogen) atoms. The molecule has 1 atom stereocenters. The lowest BCUT2D eigenvalue weighted by molar-refractivity contribution is -0.117. The molecular weight excluding hydrogens is 378 g/mol. The monoisotopic (exact) mass is 403 g/mol. The van der Waals surface area contributed by atoms with Gasteiger partial charge in [-0.3, -0.25) is 9.59 Å². The summed E-state index contributed by atoms with van der Waals surface area (Å²) in [6.07, 6.45) is 1.47. The molecule has 0 fully saturated rings. The first-order valence-corrected chi connectivity index (χ1v) is 10.9. The Morgan fingerprint density at radius 1 is 1.22 bits per heavy atom. The number of carbonyl (C=O) groups excluding carboxylic acids is 2. The molecule has 7 heteroatoms. The van der Waals surface area contributed by atoms with Crippen molar-refractivity contribution in [2.45, 2.75) is 25.0 Å². The molecule has 0 bridgehead atoms. The van der Waals surface area contributed by atoms with Crippen LogP contribution in [0.25, 0.3) is 0 Å². The minimum Gasteiger partial charge on any atom is -0.326 e. The molecule has 144 valence electrons. The van der Waals surface area contributed by atoms with Crippen molar-refractivity contribution < 1.29 is 9.59 Å². The first-order chi connectivity index (χ1) is 12.9. The number of thiophene rings is 1. The minimum absolute atomic E-state index is 0.00640. The van der Waals surface area contributed by atoms with Gasteiger partial charge in [0.15, 0.2) is 0 Å². The number of nitrogens with zero attached hydrogens (tertiary/aromatic N) is 1. The first-order valence-electron chi connectivity index (χ1n) is 8.98. The number of amides is 2. The van der Waals surface area contributed by atoms with Crippen molar-refractivity contribution in [1.82, 2.24) is 4.90 Å². The van der Waals surface area contributed by atoms with Crippen LogP contribution in [0.5, 0.6) is 0 Å². The zero-order valence-electron chi connectivity index (χ0n) is 15.9. The molecule has 2 amide bonds. The summed E-state index contributed by atoms with van der Waals surface area (Å²) in [5.74, 6) is 0.932. The molecule has 1 unspecified atom stereocenters. The van der Waals surface area contributed by atoms with Crippen LogP contribution in [0.4, 0.5) is 11.4 Å². The molecule has 0 saturated carbocycles. The van der Waals surface area contributed by atoms with Crippen LogP contribution in [0.1, 0.15) is 27.7 Å². The summed E-state index contributed by atoms with van der Waals surface area (Å²) in [6.45, 7) is 2.64. The summed E-state index contributed by atoms with van der Waals surface area (Å²) in [4.78, 5) is 28.2. The van der Waals surface area contributed by atoms with E-state index in [0.29, 0.717) is 18.7 Å². The average molecular weight is 404 g/mol. The topological polar surface area (TPSA) is 61.4 Å². The predicted molar refractivity (Wildman–Crippen MR) is 115 cm³/mol. The summed E-state index contributed by atoms with van der Waals surface area (Å²) in [5.41, 5.74) is 3.55. The number of nitrogens with one attached hydrogen (secondary N) is 2. The quantitative estimate of drug-likeness (QED) is 0.768. The second kappa shape index (κ2) is 8.91. The lowest BCUT2D eigenvalue weighted by Gasteiger charge is -2.21. The van der Waals surface area contributed by atoms with Gasteiger partial charge in [-0.1, -0.05) is 6.07 Å². The number of rotatable bonds is 6. The van der Waals surface area contributed by atoms with E-state index in [-0.39, 0.29) is 17.1 Å². The van der Waals surface area contributed by atoms with E-state index in [0.717, 1.165) is 29.0 Å². The van der Waals surface area contributed by atoms with E-state index in [1.54, 1.807) is 23.1 Å². The highest BCUT2D eigenvalue weighted by Crippen LogP contribution is 2.40. The third-order valence-electron chi connectivity index (χ3n) is 4.48. The molecular formula is C20H25N3O2S2. The van der Waals surface area contributed by atoms with Gasteiger partial charge in [-0.15, -0.1) is 23.1 Å². The molecule has 5 nitrogen and oxygen atoms in total. The van der Waals surface area contributed by atoms with Crippen molar-refractivity contribution in [2.24, 2.45) is 0 Å². The summed E-state index contributed by atoms with van der Waals surface area (Å²) in [7, 11) is 3.88. The number of hydrogen-bond acceptors (Lipinski definition) is 5. The van der Waals surface area contributed by atoms with Crippen molar-refractivity contribution in [2.75, 3.05) is 37.0 Å². The van der Waals surface area contributed by atoms with Crippen LogP contribution in [0.3, 0.4) is 0 Å². The Balaban J connectivity index is 1.68. The number of carbonyl (C=O) groups is 2. The van der Waals surface area contributed by atoms with Gasteiger partial charge in [-0.25, -0.2) is 0 Å². The van der Waals surface area contributed by atoms with Crippen LogP contribution in [0.2, 0.25) is 0 Å². The van der Waals surface area contributed by atoms with Crippen LogP contribution in [0, 0.1) is 6.92 Å². The fourth-order valence-corrected chi connectivity index (χ4v) is 5.24. The van der Waals surface area contributed by atoms with E-state index in [1.165, 1.54) is 4.88 Å².